The van der Waals surface area contributed by atoms with Crippen molar-refractivity contribution < 1.29 is 9.59 Å². The highest BCUT2D eigenvalue weighted by molar-refractivity contribution is 6.42. The van der Waals surface area contributed by atoms with E-state index in [0.29, 0.717) is 41.5 Å². The highest BCUT2D eigenvalue weighted by Gasteiger charge is 2.18. The summed E-state index contributed by atoms with van der Waals surface area (Å²) < 4.78 is 0. The van der Waals surface area contributed by atoms with Crippen LogP contribution in [0.2, 0.25) is 10.0 Å². The molecule has 0 fully saturated rings. The molecule has 4 nitrogen and oxygen atoms in total. The van der Waals surface area contributed by atoms with E-state index in [-0.39, 0.29) is 42.0 Å². The maximum Gasteiger partial charge on any atom is 0.167 e. The Morgan fingerprint density at radius 3 is 1.73 bits per heavy atom. The molecule has 0 saturated carbocycles. The van der Waals surface area contributed by atoms with Crippen LogP contribution in [0.15, 0.2) is 23.8 Å². The molecule has 8 heteroatoms. The maximum absolute atomic E-state index is 12.5. The lowest BCUT2D eigenvalue weighted by Crippen LogP contribution is -2.23. The smallest absolute Gasteiger partial charge is 0.167 e. The number of hydrogen-bond acceptors (Lipinski definition) is 4. The molecule has 1 aromatic rings. The zero-order valence-corrected chi connectivity index (χ0v) is 18.6. The van der Waals surface area contributed by atoms with Crippen LogP contribution in [0.1, 0.15) is 18.4 Å². The minimum atomic E-state index is -0.154. The third-order valence-electron chi connectivity index (χ3n) is 3.43. The minimum absolute atomic E-state index is 0. The maximum atomic E-state index is 12.5. The normalized spacial score (nSPS) is 10.2. The van der Waals surface area contributed by atoms with Gasteiger partial charge in [0, 0.05) is 25.9 Å². The second-order valence-electron chi connectivity index (χ2n) is 6.18. The average Bonchev–Trinajstić information content (AvgIpc) is 2.51. The molecule has 0 spiro atoms. The lowest BCUT2D eigenvalue weighted by molar-refractivity contribution is -0.121. The molecule has 0 aromatic heterocycles. The first-order valence-corrected chi connectivity index (χ1v) is 8.49. The summed E-state index contributed by atoms with van der Waals surface area (Å²) in [6.45, 7) is 1.19. The van der Waals surface area contributed by atoms with E-state index >= 15 is 0 Å². The Kier molecular flexibility index (Phi) is 14.4. The second-order valence-corrected chi connectivity index (χ2v) is 7.00. The number of hydrogen-bond donors (Lipinski definition) is 0. The fourth-order valence-corrected chi connectivity index (χ4v) is 2.31. The van der Waals surface area contributed by atoms with E-state index in [2.05, 4.69) is 0 Å². The van der Waals surface area contributed by atoms with Gasteiger partial charge in [0.05, 0.1) is 15.6 Å². The SMILES string of the molecule is CN(C)CCC(=O)C(=Cc1ccc(Cl)c(Cl)c1)C(=O)CCN(C)C.Cl.Cl. The van der Waals surface area contributed by atoms with Gasteiger partial charge in [-0.3, -0.25) is 9.59 Å². The van der Waals surface area contributed by atoms with Crippen LogP contribution in [0, 0.1) is 0 Å². The Balaban J connectivity index is 0. The van der Waals surface area contributed by atoms with Crippen LogP contribution in [0.25, 0.3) is 6.08 Å². The molecule has 0 N–H and O–H groups in total. The number of halogens is 4. The highest BCUT2D eigenvalue weighted by Crippen LogP contribution is 2.24. The summed E-state index contributed by atoms with van der Waals surface area (Å²) >= 11 is 11.9. The predicted molar refractivity (Wildman–Crippen MR) is 115 cm³/mol. The molecule has 0 aliphatic rings. The van der Waals surface area contributed by atoms with Gasteiger partial charge in [-0.25, -0.2) is 0 Å². The standard InChI is InChI=1S/C18H24Cl2N2O2.2ClH/c1-21(2)9-7-17(23)14(18(24)8-10-22(3)4)11-13-5-6-15(19)16(20)12-13;;/h5-6,11-12H,7-10H2,1-4H3;2*1H. The number of nitrogens with zero attached hydrogens (tertiary/aromatic N) is 2. The summed E-state index contributed by atoms with van der Waals surface area (Å²) in [6.07, 6.45) is 2.21. The van der Waals surface area contributed by atoms with Gasteiger partial charge >= 0.3 is 0 Å². The lowest BCUT2D eigenvalue weighted by Gasteiger charge is -2.12. The zero-order chi connectivity index (χ0) is 18.3. The molecule has 0 aliphatic carbocycles. The third-order valence-corrected chi connectivity index (χ3v) is 4.17. The quantitative estimate of drug-likeness (QED) is 0.324. The minimum Gasteiger partial charge on any atom is -0.309 e. The van der Waals surface area contributed by atoms with Crippen molar-refractivity contribution in [3.8, 4) is 0 Å². The van der Waals surface area contributed by atoms with Crippen molar-refractivity contribution in [2.45, 2.75) is 12.8 Å². The van der Waals surface area contributed by atoms with Crippen LogP contribution < -0.4 is 0 Å². The fourth-order valence-electron chi connectivity index (χ4n) is 2.00. The van der Waals surface area contributed by atoms with Crippen LogP contribution in [0.3, 0.4) is 0 Å². The molecule has 0 aliphatic heterocycles. The molecule has 0 saturated heterocycles. The van der Waals surface area contributed by atoms with E-state index < -0.39 is 0 Å². The van der Waals surface area contributed by atoms with Gasteiger partial charge in [0.15, 0.2) is 11.6 Å². The molecule has 0 heterocycles. The summed E-state index contributed by atoms with van der Waals surface area (Å²) in [4.78, 5) is 28.8. The van der Waals surface area contributed by atoms with Gasteiger partial charge in [0.1, 0.15) is 0 Å². The first kappa shape index (κ1) is 27.6. The Morgan fingerprint density at radius 1 is 0.885 bits per heavy atom. The molecule has 0 atom stereocenters. The second kappa shape index (κ2) is 13.5. The van der Waals surface area contributed by atoms with E-state index in [0.717, 1.165) is 0 Å². The van der Waals surface area contributed by atoms with Crippen molar-refractivity contribution >= 4 is 65.7 Å². The number of Topliss-reactive ketones (excluding diaryl/α,β-unsaturated/α-hetero) is 2. The van der Waals surface area contributed by atoms with Crippen molar-refractivity contribution in [2.24, 2.45) is 0 Å². The fraction of sp³-hybridized carbons (Fsp3) is 0.444. The van der Waals surface area contributed by atoms with Crippen molar-refractivity contribution in [3.63, 3.8) is 0 Å². The van der Waals surface area contributed by atoms with Crippen molar-refractivity contribution in [3.05, 3.63) is 39.4 Å². The van der Waals surface area contributed by atoms with Crippen LogP contribution >= 0.6 is 48.0 Å². The topological polar surface area (TPSA) is 40.6 Å². The molecule has 1 aromatic carbocycles. The largest absolute Gasteiger partial charge is 0.309 e. The number of carbonyl (C=O) groups excluding carboxylic acids is 2. The van der Waals surface area contributed by atoms with Crippen LogP contribution in [-0.2, 0) is 9.59 Å². The summed E-state index contributed by atoms with van der Waals surface area (Å²) in [5.41, 5.74) is 0.910. The van der Waals surface area contributed by atoms with E-state index in [1.54, 1.807) is 24.3 Å². The average molecular weight is 444 g/mol. The number of benzene rings is 1. The third kappa shape index (κ3) is 9.91. The summed E-state index contributed by atoms with van der Waals surface area (Å²) in [6, 6.07) is 5.05. The van der Waals surface area contributed by atoms with Crippen LogP contribution in [-0.4, -0.2) is 62.6 Å². The molecule has 0 amide bonds. The van der Waals surface area contributed by atoms with Gasteiger partial charge in [-0.2, -0.15) is 0 Å². The monoisotopic (exact) mass is 442 g/mol. The van der Waals surface area contributed by atoms with Crippen molar-refractivity contribution in [1.29, 1.82) is 0 Å². The van der Waals surface area contributed by atoms with Gasteiger partial charge in [-0.1, -0.05) is 29.3 Å². The van der Waals surface area contributed by atoms with Gasteiger partial charge < -0.3 is 9.80 Å². The first-order chi connectivity index (χ1) is 11.2. The summed E-state index contributed by atoms with van der Waals surface area (Å²) in [7, 11) is 7.57. The molecule has 0 unspecified atom stereocenters. The molecule has 0 bridgehead atoms. The predicted octanol–water partition coefficient (Wildman–Crippen LogP) is 4.26. The Hall–Kier alpha value is -0.620. The van der Waals surface area contributed by atoms with Crippen LogP contribution in [0.4, 0.5) is 0 Å². The number of carbonyl (C=O) groups is 2. The zero-order valence-electron chi connectivity index (χ0n) is 15.4. The highest BCUT2D eigenvalue weighted by atomic mass is 35.5. The van der Waals surface area contributed by atoms with E-state index in [1.807, 2.05) is 38.0 Å². The number of rotatable bonds is 9. The van der Waals surface area contributed by atoms with Crippen molar-refractivity contribution in [2.75, 3.05) is 41.3 Å². The molecular weight excluding hydrogens is 418 g/mol. The molecule has 1 rings (SSSR count). The van der Waals surface area contributed by atoms with E-state index in [1.165, 1.54) is 0 Å². The van der Waals surface area contributed by atoms with Crippen molar-refractivity contribution in [1.82, 2.24) is 9.80 Å². The summed E-state index contributed by atoms with van der Waals surface area (Å²) in [5, 5.41) is 0.833. The first-order valence-electron chi connectivity index (χ1n) is 7.73. The lowest BCUT2D eigenvalue weighted by atomic mass is 9.98. The molecule has 0 radical (unpaired) electrons. The summed E-state index contributed by atoms with van der Waals surface area (Å²) in [5.74, 6) is -0.308. The van der Waals surface area contributed by atoms with Gasteiger partial charge in [-0.05, 0) is 52.0 Å². The van der Waals surface area contributed by atoms with Crippen LogP contribution in [0.5, 0.6) is 0 Å². The van der Waals surface area contributed by atoms with E-state index in [4.69, 9.17) is 23.2 Å². The molecule has 148 valence electrons. The molecule has 26 heavy (non-hydrogen) atoms. The van der Waals surface area contributed by atoms with Gasteiger partial charge in [0.2, 0.25) is 0 Å². The number of ketones is 2. The molecular formula is C18H26Cl4N2O2. The Morgan fingerprint density at radius 2 is 1.35 bits per heavy atom. The van der Waals surface area contributed by atoms with E-state index in [9.17, 15) is 9.59 Å². The van der Waals surface area contributed by atoms with Gasteiger partial charge in [-0.15, -0.1) is 24.8 Å². The Labute approximate surface area is 178 Å². The Bertz CT molecular complexity index is 606. The van der Waals surface area contributed by atoms with Gasteiger partial charge in [0.25, 0.3) is 0 Å². The number of allylic oxidation sites excluding steroid dienone is 1.